The van der Waals surface area contributed by atoms with E-state index >= 15 is 0 Å². The van der Waals surface area contributed by atoms with E-state index in [0.29, 0.717) is 13.2 Å². The van der Waals surface area contributed by atoms with Gasteiger partial charge >= 0.3 is 11.9 Å². The zero-order valence-corrected chi connectivity index (χ0v) is 15.6. The van der Waals surface area contributed by atoms with E-state index in [0.717, 1.165) is 50.4 Å². The molecule has 0 saturated carbocycles. The first kappa shape index (κ1) is 21.9. The average Bonchev–Trinajstić information content (AvgIpc) is 2.45. The molecule has 0 N–H and O–H groups in total. The molecule has 0 aliphatic rings. The standard InChI is InChI=1S/C19H36O4/c1-16(2)11-7-5-9-13-22-18(20)15-19(21)23-14-10-6-8-12-17(3)4/h16-17H,5-15H2,1-4H3. The van der Waals surface area contributed by atoms with Gasteiger partial charge < -0.3 is 9.47 Å². The Morgan fingerprint density at radius 2 is 1.04 bits per heavy atom. The summed E-state index contributed by atoms with van der Waals surface area (Å²) >= 11 is 0. The monoisotopic (exact) mass is 328 g/mol. The second kappa shape index (κ2) is 14.5. The van der Waals surface area contributed by atoms with Gasteiger partial charge in [0.2, 0.25) is 0 Å². The molecule has 0 saturated heterocycles. The van der Waals surface area contributed by atoms with Gasteiger partial charge in [0.1, 0.15) is 6.42 Å². The maximum atomic E-state index is 11.5. The number of carbonyl (C=O) groups excluding carboxylic acids is 2. The number of carbonyl (C=O) groups is 2. The molecule has 0 aromatic carbocycles. The summed E-state index contributed by atoms with van der Waals surface area (Å²) in [5.74, 6) is 0.493. The zero-order valence-electron chi connectivity index (χ0n) is 15.6. The molecule has 0 unspecified atom stereocenters. The number of hydrogen-bond acceptors (Lipinski definition) is 4. The summed E-state index contributed by atoms with van der Waals surface area (Å²) < 4.78 is 10.1. The Labute approximate surface area is 142 Å². The van der Waals surface area contributed by atoms with E-state index in [4.69, 9.17) is 9.47 Å². The van der Waals surface area contributed by atoms with Crippen molar-refractivity contribution in [3.8, 4) is 0 Å². The van der Waals surface area contributed by atoms with Crippen LogP contribution in [0, 0.1) is 11.8 Å². The second-order valence-electron chi connectivity index (χ2n) is 7.10. The van der Waals surface area contributed by atoms with Crippen LogP contribution in [0.5, 0.6) is 0 Å². The number of hydrogen-bond donors (Lipinski definition) is 0. The van der Waals surface area contributed by atoms with Crippen molar-refractivity contribution in [1.29, 1.82) is 0 Å². The topological polar surface area (TPSA) is 52.6 Å². The minimum Gasteiger partial charge on any atom is -0.465 e. The van der Waals surface area contributed by atoms with Crippen LogP contribution in [-0.4, -0.2) is 25.2 Å². The first-order chi connectivity index (χ1) is 10.9. The number of rotatable bonds is 14. The third-order valence-electron chi connectivity index (χ3n) is 3.67. The Morgan fingerprint density at radius 1 is 0.652 bits per heavy atom. The van der Waals surface area contributed by atoms with Gasteiger partial charge in [0.05, 0.1) is 13.2 Å². The smallest absolute Gasteiger partial charge is 0.317 e. The predicted molar refractivity (Wildman–Crippen MR) is 93.1 cm³/mol. The van der Waals surface area contributed by atoms with Gasteiger partial charge in [-0.3, -0.25) is 9.59 Å². The van der Waals surface area contributed by atoms with E-state index in [-0.39, 0.29) is 6.42 Å². The Kier molecular flexibility index (Phi) is 13.9. The Morgan fingerprint density at radius 3 is 1.39 bits per heavy atom. The van der Waals surface area contributed by atoms with Gasteiger partial charge in [0, 0.05) is 0 Å². The van der Waals surface area contributed by atoms with Crippen LogP contribution in [0.1, 0.15) is 85.5 Å². The lowest BCUT2D eigenvalue weighted by atomic mass is 10.1. The highest BCUT2D eigenvalue weighted by atomic mass is 16.6. The largest absolute Gasteiger partial charge is 0.465 e. The van der Waals surface area contributed by atoms with Crippen LogP contribution in [0.15, 0.2) is 0 Å². The molecule has 0 fully saturated rings. The van der Waals surface area contributed by atoms with Crippen molar-refractivity contribution in [2.24, 2.45) is 11.8 Å². The van der Waals surface area contributed by atoms with Crippen molar-refractivity contribution < 1.29 is 19.1 Å². The zero-order chi connectivity index (χ0) is 17.5. The van der Waals surface area contributed by atoms with Gasteiger partial charge in [0.25, 0.3) is 0 Å². The lowest BCUT2D eigenvalue weighted by Crippen LogP contribution is -2.15. The second-order valence-corrected chi connectivity index (χ2v) is 7.10. The summed E-state index contributed by atoms with van der Waals surface area (Å²) in [5.41, 5.74) is 0. The molecule has 4 heteroatoms. The van der Waals surface area contributed by atoms with E-state index in [1.165, 1.54) is 12.8 Å². The van der Waals surface area contributed by atoms with E-state index in [9.17, 15) is 9.59 Å². The van der Waals surface area contributed by atoms with Crippen LogP contribution < -0.4 is 0 Å². The highest BCUT2D eigenvalue weighted by Crippen LogP contribution is 2.09. The van der Waals surface area contributed by atoms with Gasteiger partial charge in [-0.1, -0.05) is 66.2 Å². The molecule has 0 rings (SSSR count). The quantitative estimate of drug-likeness (QED) is 0.259. The highest BCUT2D eigenvalue weighted by molar-refractivity contribution is 5.91. The molecular weight excluding hydrogens is 292 g/mol. The van der Waals surface area contributed by atoms with Gasteiger partial charge in [-0.25, -0.2) is 0 Å². The third kappa shape index (κ3) is 17.1. The van der Waals surface area contributed by atoms with Crippen LogP contribution in [-0.2, 0) is 19.1 Å². The molecule has 0 spiro atoms. The molecular formula is C19H36O4. The fourth-order valence-electron chi connectivity index (χ4n) is 2.25. The van der Waals surface area contributed by atoms with Crippen molar-refractivity contribution in [2.45, 2.75) is 85.5 Å². The summed E-state index contributed by atoms with van der Waals surface area (Å²) in [7, 11) is 0. The van der Waals surface area contributed by atoms with Gasteiger partial charge in [-0.15, -0.1) is 0 Å². The van der Waals surface area contributed by atoms with Crippen molar-refractivity contribution in [3.63, 3.8) is 0 Å². The van der Waals surface area contributed by atoms with Crippen LogP contribution in [0.3, 0.4) is 0 Å². The lowest BCUT2D eigenvalue weighted by molar-refractivity contribution is -0.154. The highest BCUT2D eigenvalue weighted by Gasteiger charge is 2.11. The van der Waals surface area contributed by atoms with E-state index in [1.54, 1.807) is 0 Å². The van der Waals surface area contributed by atoms with Crippen LogP contribution in [0.4, 0.5) is 0 Å². The molecule has 0 radical (unpaired) electrons. The predicted octanol–water partition coefficient (Wildman–Crippen LogP) is 4.90. The molecule has 0 aliphatic heterocycles. The van der Waals surface area contributed by atoms with Gasteiger partial charge in [-0.05, 0) is 24.7 Å². The van der Waals surface area contributed by atoms with Gasteiger partial charge in [-0.2, -0.15) is 0 Å². The van der Waals surface area contributed by atoms with Crippen molar-refractivity contribution in [3.05, 3.63) is 0 Å². The van der Waals surface area contributed by atoms with Crippen molar-refractivity contribution in [2.75, 3.05) is 13.2 Å². The number of unbranched alkanes of at least 4 members (excludes halogenated alkanes) is 4. The normalized spacial score (nSPS) is 11.0. The van der Waals surface area contributed by atoms with Crippen LogP contribution in [0.2, 0.25) is 0 Å². The first-order valence-corrected chi connectivity index (χ1v) is 9.23. The molecule has 0 aromatic heterocycles. The molecule has 0 bridgehead atoms. The van der Waals surface area contributed by atoms with Crippen molar-refractivity contribution >= 4 is 11.9 Å². The summed E-state index contributed by atoms with van der Waals surface area (Å²) in [6.07, 6.45) is 8.32. The molecule has 0 aromatic rings. The number of ether oxygens (including phenoxy) is 2. The SMILES string of the molecule is CC(C)CCCCCOC(=O)CC(=O)OCCCCCC(C)C. The molecule has 23 heavy (non-hydrogen) atoms. The van der Waals surface area contributed by atoms with E-state index in [2.05, 4.69) is 27.7 Å². The minimum atomic E-state index is -0.473. The Bertz CT molecular complexity index is 280. The summed E-state index contributed by atoms with van der Waals surface area (Å²) in [6.45, 7) is 9.62. The first-order valence-electron chi connectivity index (χ1n) is 9.23. The Balaban J connectivity index is 3.43. The lowest BCUT2D eigenvalue weighted by Gasteiger charge is -2.07. The Hall–Kier alpha value is -1.06. The maximum absolute atomic E-state index is 11.5. The summed E-state index contributed by atoms with van der Waals surface area (Å²) in [4.78, 5) is 23.0. The summed E-state index contributed by atoms with van der Waals surface area (Å²) in [5, 5.41) is 0. The minimum absolute atomic E-state index is 0.266. The van der Waals surface area contributed by atoms with Gasteiger partial charge in [0.15, 0.2) is 0 Å². The van der Waals surface area contributed by atoms with Crippen molar-refractivity contribution in [1.82, 2.24) is 0 Å². The fraction of sp³-hybridized carbons (Fsp3) is 0.895. The number of esters is 2. The molecule has 0 amide bonds. The molecule has 136 valence electrons. The molecule has 0 aliphatic carbocycles. The molecule has 0 heterocycles. The van der Waals surface area contributed by atoms with Crippen LogP contribution >= 0.6 is 0 Å². The maximum Gasteiger partial charge on any atom is 0.317 e. The third-order valence-corrected chi connectivity index (χ3v) is 3.67. The van der Waals surface area contributed by atoms with E-state index in [1.807, 2.05) is 0 Å². The fourth-order valence-corrected chi connectivity index (χ4v) is 2.25. The van der Waals surface area contributed by atoms with E-state index < -0.39 is 11.9 Å². The van der Waals surface area contributed by atoms with Crippen LogP contribution in [0.25, 0.3) is 0 Å². The molecule has 4 nitrogen and oxygen atoms in total. The molecule has 0 atom stereocenters. The summed E-state index contributed by atoms with van der Waals surface area (Å²) in [6, 6.07) is 0. The average molecular weight is 328 g/mol.